The van der Waals surface area contributed by atoms with Crippen LogP contribution in [0.25, 0.3) is 10.4 Å². The average molecular weight is 461 g/mol. The maximum Gasteiger partial charge on any atom is 0.267 e. The molecule has 8 heteroatoms. The minimum absolute atomic E-state index is 0.114. The van der Waals surface area contributed by atoms with Gasteiger partial charge in [-0.3, -0.25) is 4.79 Å². The second-order valence-corrected chi connectivity index (χ2v) is 9.02. The molecule has 0 aliphatic heterocycles. The van der Waals surface area contributed by atoms with Gasteiger partial charge in [-0.05, 0) is 49.7 Å². The molecule has 0 aliphatic carbocycles. The van der Waals surface area contributed by atoms with Crippen molar-refractivity contribution >= 4 is 40.2 Å². The Kier molecular flexibility index (Phi) is 7.10. The van der Waals surface area contributed by atoms with Gasteiger partial charge in [0.05, 0.1) is 18.4 Å². The zero-order valence-electron chi connectivity index (χ0n) is 17.8. The number of amides is 1. The number of aliphatic hydroxyl groups is 1. The SMILES string of the molecule is CNc1cc(-c2ccc(Cl)cc2)sc1C(=O)Nc1ccc(OCC(C)(C)O)c(OC)c1. The first-order valence-corrected chi connectivity index (χ1v) is 10.8. The molecule has 0 fully saturated rings. The van der Waals surface area contributed by atoms with Gasteiger partial charge in [0.15, 0.2) is 11.5 Å². The summed E-state index contributed by atoms with van der Waals surface area (Å²) in [5, 5.41) is 16.5. The number of ether oxygens (including phenoxy) is 2. The van der Waals surface area contributed by atoms with Gasteiger partial charge in [-0.15, -0.1) is 11.3 Å². The molecule has 0 bridgehead atoms. The highest BCUT2D eigenvalue weighted by Crippen LogP contribution is 2.36. The van der Waals surface area contributed by atoms with Crippen molar-refractivity contribution in [2.45, 2.75) is 19.4 Å². The highest BCUT2D eigenvalue weighted by Gasteiger charge is 2.19. The number of carbonyl (C=O) groups is 1. The van der Waals surface area contributed by atoms with Gasteiger partial charge in [-0.1, -0.05) is 23.7 Å². The van der Waals surface area contributed by atoms with E-state index >= 15 is 0 Å². The lowest BCUT2D eigenvalue weighted by Gasteiger charge is -2.19. The van der Waals surface area contributed by atoms with Gasteiger partial charge in [0.25, 0.3) is 5.91 Å². The molecule has 2 aromatic carbocycles. The molecule has 164 valence electrons. The zero-order chi connectivity index (χ0) is 22.6. The fourth-order valence-corrected chi connectivity index (χ4v) is 4.00. The van der Waals surface area contributed by atoms with Crippen LogP contribution in [0.1, 0.15) is 23.5 Å². The smallest absolute Gasteiger partial charge is 0.267 e. The van der Waals surface area contributed by atoms with Crippen molar-refractivity contribution in [2.75, 3.05) is 31.4 Å². The van der Waals surface area contributed by atoms with E-state index in [0.717, 1.165) is 16.1 Å². The minimum atomic E-state index is -0.970. The minimum Gasteiger partial charge on any atom is -0.493 e. The Morgan fingerprint density at radius 2 is 1.84 bits per heavy atom. The van der Waals surface area contributed by atoms with Crippen LogP contribution in [0.4, 0.5) is 11.4 Å². The largest absolute Gasteiger partial charge is 0.493 e. The fraction of sp³-hybridized carbons (Fsp3) is 0.261. The number of thiophene rings is 1. The Balaban J connectivity index is 1.80. The van der Waals surface area contributed by atoms with Gasteiger partial charge >= 0.3 is 0 Å². The maximum atomic E-state index is 13.0. The van der Waals surface area contributed by atoms with Crippen LogP contribution < -0.4 is 20.1 Å². The van der Waals surface area contributed by atoms with Gasteiger partial charge in [-0.25, -0.2) is 0 Å². The van der Waals surface area contributed by atoms with Crippen molar-refractivity contribution in [1.29, 1.82) is 0 Å². The topological polar surface area (TPSA) is 79.8 Å². The Labute approximate surface area is 190 Å². The molecule has 1 aromatic heterocycles. The summed E-state index contributed by atoms with van der Waals surface area (Å²) in [4.78, 5) is 14.5. The van der Waals surface area contributed by atoms with E-state index in [0.29, 0.717) is 27.1 Å². The number of hydrogen-bond acceptors (Lipinski definition) is 6. The normalized spacial score (nSPS) is 11.2. The van der Waals surface area contributed by atoms with Crippen LogP contribution in [0.3, 0.4) is 0 Å². The summed E-state index contributed by atoms with van der Waals surface area (Å²) in [6.07, 6.45) is 0. The van der Waals surface area contributed by atoms with Crippen molar-refractivity contribution in [3.8, 4) is 21.9 Å². The van der Waals surface area contributed by atoms with Gasteiger partial charge in [-0.2, -0.15) is 0 Å². The van der Waals surface area contributed by atoms with Crippen LogP contribution >= 0.6 is 22.9 Å². The lowest BCUT2D eigenvalue weighted by molar-refractivity contribution is 0.0276. The maximum absolute atomic E-state index is 13.0. The fourth-order valence-electron chi connectivity index (χ4n) is 2.81. The Hall–Kier alpha value is -2.74. The number of methoxy groups -OCH3 is 1. The molecule has 1 heterocycles. The molecule has 6 nitrogen and oxygen atoms in total. The van der Waals surface area contributed by atoms with E-state index in [4.69, 9.17) is 21.1 Å². The summed E-state index contributed by atoms with van der Waals surface area (Å²) in [6.45, 7) is 3.43. The van der Waals surface area contributed by atoms with Crippen molar-refractivity contribution in [3.63, 3.8) is 0 Å². The molecular formula is C23H25ClN2O4S. The molecule has 0 aliphatic rings. The molecule has 0 saturated carbocycles. The third-order valence-electron chi connectivity index (χ3n) is 4.34. The molecule has 3 rings (SSSR count). The molecule has 31 heavy (non-hydrogen) atoms. The molecule has 0 spiro atoms. The molecule has 1 amide bonds. The number of rotatable bonds is 8. The standard InChI is InChI=1S/C23H25ClN2O4S/c1-23(2,28)13-30-18-10-9-16(11-19(18)29-4)26-22(27)21-17(25-3)12-20(31-21)14-5-7-15(24)8-6-14/h5-12,25,28H,13H2,1-4H3,(H,26,27). The van der Waals surface area contributed by atoms with Crippen LogP contribution in [0.15, 0.2) is 48.5 Å². The van der Waals surface area contributed by atoms with E-state index in [9.17, 15) is 9.90 Å². The summed E-state index contributed by atoms with van der Waals surface area (Å²) in [5.74, 6) is 0.713. The van der Waals surface area contributed by atoms with Gasteiger partial charge in [0.2, 0.25) is 0 Å². The van der Waals surface area contributed by atoms with Crippen LogP contribution in [-0.2, 0) is 0 Å². The highest BCUT2D eigenvalue weighted by atomic mass is 35.5. The van der Waals surface area contributed by atoms with E-state index < -0.39 is 5.60 Å². The van der Waals surface area contributed by atoms with Gasteiger partial charge < -0.3 is 25.2 Å². The predicted molar refractivity (Wildman–Crippen MR) is 127 cm³/mol. The third kappa shape index (κ3) is 5.91. The first-order chi connectivity index (χ1) is 14.7. The van der Waals surface area contributed by atoms with Gasteiger partial charge in [0, 0.05) is 28.7 Å². The lowest BCUT2D eigenvalue weighted by Crippen LogP contribution is -2.28. The van der Waals surface area contributed by atoms with E-state index in [1.807, 2.05) is 30.3 Å². The molecule has 3 N–H and O–H groups in total. The summed E-state index contributed by atoms with van der Waals surface area (Å²) >= 11 is 7.37. The third-order valence-corrected chi connectivity index (χ3v) is 5.77. The number of carbonyl (C=O) groups excluding carboxylic acids is 1. The average Bonchev–Trinajstić information content (AvgIpc) is 3.17. The first-order valence-electron chi connectivity index (χ1n) is 9.62. The molecule has 0 atom stereocenters. The van der Waals surface area contributed by atoms with E-state index in [1.165, 1.54) is 18.4 Å². The molecule has 0 radical (unpaired) electrons. The number of anilines is 2. The lowest BCUT2D eigenvalue weighted by atomic mass is 10.2. The predicted octanol–water partition coefficient (Wildman–Crippen LogP) is 5.52. The van der Waals surface area contributed by atoms with Crippen molar-refractivity contribution < 1.29 is 19.4 Å². The van der Waals surface area contributed by atoms with Crippen LogP contribution in [0.5, 0.6) is 11.5 Å². The zero-order valence-corrected chi connectivity index (χ0v) is 19.4. The Bertz CT molecular complexity index is 1060. The second-order valence-electron chi connectivity index (χ2n) is 7.53. The van der Waals surface area contributed by atoms with Gasteiger partial charge in [0.1, 0.15) is 11.5 Å². The van der Waals surface area contributed by atoms with E-state index in [-0.39, 0.29) is 12.5 Å². The van der Waals surface area contributed by atoms with Crippen LogP contribution in [-0.4, -0.2) is 37.4 Å². The Morgan fingerprint density at radius 1 is 1.13 bits per heavy atom. The van der Waals surface area contributed by atoms with Crippen LogP contribution in [0.2, 0.25) is 5.02 Å². The number of nitrogens with one attached hydrogen (secondary N) is 2. The van der Waals surface area contributed by atoms with Crippen molar-refractivity contribution in [2.24, 2.45) is 0 Å². The summed E-state index contributed by atoms with van der Waals surface area (Å²) in [6, 6.07) is 14.5. The van der Waals surface area contributed by atoms with E-state index in [2.05, 4.69) is 10.6 Å². The van der Waals surface area contributed by atoms with E-state index in [1.54, 1.807) is 39.1 Å². The van der Waals surface area contributed by atoms with Crippen LogP contribution in [0, 0.1) is 0 Å². The molecule has 0 saturated heterocycles. The quantitative estimate of drug-likeness (QED) is 0.412. The monoisotopic (exact) mass is 460 g/mol. The number of benzene rings is 2. The summed E-state index contributed by atoms with van der Waals surface area (Å²) in [7, 11) is 3.30. The van der Waals surface area contributed by atoms with Crippen molar-refractivity contribution in [3.05, 3.63) is 58.4 Å². The summed E-state index contributed by atoms with van der Waals surface area (Å²) < 4.78 is 11.0. The highest BCUT2D eigenvalue weighted by molar-refractivity contribution is 7.18. The summed E-state index contributed by atoms with van der Waals surface area (Å²) in [5.41, 5.74) is 1.33. The Morgan fingerprint density at radius 3 is 2.45 bits per heavy atom. The van der Waals surface area contributed by atoms with Crippen molar-refractivity contribution in [1.82, 2.24) is 0 Å². The second kappa shape index (κ2) is 9.60. The molecule has 3 aromatic rings. The molecule has 0 unspecified atom stereocenters. The molecular weight excluding hydrogens is 436 g/mol. The first kappa shape index (κ1) is 22.9. The number of hydrogen-bond donors (Lipinski definition) is 3. The number of halogens is 1.